The van der Waals surface area contributed by atoms with Gasteiger partial charge in [0.2, 0.25) is 6.79 Å². The molecule has 0 atom stereocenters. The van der Waals surface area contributed by atoms with E-state index in [9.17, 15) is 0 Å². The van der Waals surface area contributed by atoms with Crippen molar-refractivity contribution >= 4 is 0 Å². The molecule has 4 heteroatoms. The zero-order valence-corrected chi connectivity index (χ0v) is 22.3. The van der Waals surface area contributed by atoms with Gasteiger partial charge in [-0.05, 0) is 12.1 Å². The second-order valence-corrected chi connectivity index (χ2v) is 5.68. The summed E-state index contributed by atoms with van der Waals surface area (Å²) in [6.45, 7) is 4.34. The van der Waals surface area contributed by atoms with Gasteiger partial charge in [-0.1, -0.05) is 43.0 Å². The number of hydrogen-bond acceptors (Lipinski definition) is 2. The van der Waals surface area contributed by atoms with Crippen LogP contribution in [0.3, 0.4) is 0 Å². The Labute approximate surface area is 224 Å². The van der Waals surface area contributed by atoms with Crippen LogP contribution < -0.4 is 9.47 Å². The number of aryl methyl sites for hydroxylation is 2. The summed E-state index contributed by atoms with van der Waals surface area (Å²) in [5, 5.41) is 0. The normalized spacial score (nSPS) is 9.52. The van der Waals surface area contributed by atoms with Crippen LogP contribution in [0.5, 0.6) is 11.5 Å². The molecular formula is C25H20O2Y2-2. The average Bonchev–Trinajstić information content (AvgIpc) is 3.18. The molecule has 1 aliphatic rings. The summed E-state index contributed by atoms with van der Waals surface area (Å²) in [6, 6.07) is 24.8. The van der Waals surface area contributed by atoms with Crippen molar-refractivity contribution in [3.63, 3.8) is 0 Å². The van der Waals surface area contributed by atoms with Gasteiger partial charge in [-0.25, -0.2) is 0 Å². The quantitative estimate of drug-likeness (QED) is 0.302. The molecule has 0 fully saturated rings. The Bertz CT molecular complexity index is 938. The molecule has 0 unspecified atom stereocenters. The molecular weight excluding hydrogens is 510 g/mol. The van der Waals surface area contributed by atoms with Crippen LogP contribution in [0.1, 0.15) is 22.3 Å². The van der Waals surface area contributed by atoms with Crippen molar-refractivity contribution < 1.29 is 74.9 Å². The van der Waals surface area contributed by atoms with Crippen molar-refractivity contribution in [2.24, 2.45) is 0 Å². The van der Waals surface area contributed by atoms with Crippen LogP contribution in [0.15, 0.2) is 60.7 Å². The van der Waals surface area contributed by atoms with Gasteiger partial charge in [-0.2, -0.15) is 54.1 Å². The molecule has 0 saturated heterocycles. The maximum absolute atomic E-state index is 5.19. The van der Waals surface area contributed by atoms with Crippen LogP contribution >= 0.6 is 0 Å². The Kier molecular flexibility index (Phi) is 14.7. The predicted octanol–water partition coefficient (Wildman–Crippen LogP) is 4.96. The molecule has 29 heavy (non-hydrogen) atoms. The molecule has 3 aromatic rings. The summed E-state index contributed by atoms with van der Waals surface area (Å²) in [6.07, 6.45) is 10.3. The molecule has 0 amide bonds. The Morgan fingerprint density at radius 1 is 0.862 bits per heavy atom. The van der Waals surface area contributed by atoms with E-state index in [4.69, 9.17) is 22.3 Å². The third-order valence-electron chi connectivity index (χ3n) is 3.60. The van der Waals surface area contributed by atoms with E-state index in [0.29, 0.717) is 6.79 Å². The summed E-state index contributed by atoms with van der Waals surface area (Å²) in [7, 11) is 0. The molecule has 4 rings (SSSR count). The van der Waals surface area contributed by atoms with Gasteiger partial charge in [0.05, 0.1) is 0 Å². The zero-order chi connectivity index (χ0) is 19.5. The van der Waals surface area contributed by atoms with Crippen molar-refractivity contribution in [3.8, 4) is 36.2 Å². The largest absolute Gasteiger partial charge is 0.454 e. The molecule has 3 aromatic carbocycles. The van der Waals surface area contributed by atoms with Gasteiger partial charge in [-0.15, -0.1) is 24.3 Å². The van der Waals surface area contributed by atoms with E-state index in [-0.39, 0.29) is 65.4 Å². The first-order chi connectivity index (χ1) is 13.1. The van der Waals surface area contributed by atoms with Crippen LogP contribution in [-0.2, 0) is 65.4 Å². The molecule has 0 aliphatic carbocycles. The number of benzene rings is 3. The Hall–Kier alpha value is -1.41. The average molecular weight is 530 g/mol. The van der Waals surface area contributed by atoms with E-state index in [1.165, 1.54) is 0 Å². The van der Waals surface area contributed by atoms with Crippen LogP contribution in [0.4, 0.5) is 0 Å². The van der Waals surface area contributed by atoms with Crippen molar-refractivity contribution in [1.82, 2.24) is 0 Å². The van der Waals surface area contributed by atoms with Crippen molar-refractivity contribution in [1.29, 1.82) is 0 Å². The van der Waals surface area contributed by atoms with Crippen LogP contribution in [0, 0.1) is 50.7 Å². The molecule has 0 aromatic heterocycles. The van der Waals surface area contributed by atoms with Crippen molar-refractivity contribution in [2.75, 3.05) is 6.79 Å². The second-order valence-electron chi connectivity index (χ2n) is 5.68. The SMILES string of the molecule is C#Cc1c[c-]cc(C)c1.C#Cc1cc[c-]cc1C.[Y].[Y].c1ccc2c(c1)OCO2. The van der Waals surface area contributed by atoms with E-state index in [1.807, 2.05) is 68.4 Å². The smallest absolute Gasteiger partial charge is 0.231 e. The summed E-state index contributed by atoms with van der Waals surface area (Å²) in [4.78, 5) is 0. The van der Waals surface area contributed by atoms with E-state index in [1.54, 1.807) is 6.07 Å². The van der Waals surface area contributed by atoms with E-state index < -0.39 is 0 Å². The minimum atomic E-state index is 0. The van der Waals surface area contributed by atoms with E-state index >= 15 is 0 Å². The monoisotopic (exact) mass is 530 g/mol. The predicted molar refractivity (Wildman–Crippen MR) is 108 cm³/mol. The molecule has 0 bridgehead atoms. The molecule has 2 nitrogen and oxygen atoms in total. The van der Waals surface area contributed by atoms with Crippen molar-refractivity contribution in [3.05, 3.63) is 95.1 Å². The molecule has 1 aliphatic heterocycles. The Balaban J connectivity index is 0.000000392. The summed E-state index contributed by atoms with van der Waals surface area (Å²) in [5.41, 5.74) is 4.12. The van der Waals surface area contributed by atoms with E-state index in [2.05, 4.69) is 24.0 Å². The molecule has 0 N–H and O–H groups in total. The third kappa shape index (κ3) is 9.76. The molecule has 1 heterocycles. The van der Waals surface area contributed by atoms with Crippen LogP contribution in [0.2, 0.25) is 0 Å². The number of fused-ring (bicyclic) bond motifs is 1. The fraction of sp³-hybridized carbons (Fsp3) is 0.120. The Morgan fingerprint density at radius 2 is 1.52 bits per heavy atom. The summed E-state index contributed by atoms with van der Waals surface area (Å²) in [5.74, 6) is 6.80. The van der Waals surface area contributed by atoms with Crippen LogP contribution in [-0.4, -0.2) is 6.79 Å². The van der Waals surface area contributed by atoms with Gasteiger partial charge in [0, 0.05) is 65.4 Å². The van der Waals surface area contributed by atoms with Gasteiger partial charge in [0.15, 0.2) is 11.5 Å². The number of ether oxygens (including phenoxy) is 2. The second kappa shape index (κ2) is 15.4. The van der Waals surface area contributed by atoms with Gasteiger partial charge < -0.3 is 9.47 Å². The molecule has 0 saturated carbocycles. The first-order valence-corrected chi connectivity index (χ1v) is 8.36. The van der Waals surface area contributed by atoms with Crippen LogP contribution in [0.25, 0.3) is 0 Å². The molecule has 0 spiro atoms. The van der Waals surface area contributed by atoms with Gasteiger partial charge in [0.25, 0.3) is 0 Å². The number of rotatable bonds is 0. The number of para-hydroxylation sites is 2. The maximum Gasteiger partial charge on any atom is 0.231 e. The summed E-state index contributed by atoms with van der Waals surface area (Å²) >= 11 is 0. The van der Waals surface area contributed by atoms with E-state index in [0.717, 1.165) is 33.8 Å². The fourth-order valence-electron chi connectivity index (χ4n) is 2.20. The number of terminal acetylenes is 2. The minimum absolute atomic E-state index is 0. The zero-order valence-electron chi connectivity index (χ0n) is 16.6. The summed E-state index contributed by atoms with van der Waals surface area (Å²) < 4.78 is 10.2. The first kappa shape index (κ1) is 27.6. The molecule has 140 valence electrons. The molecule has 2 radical (unpaired) electrons. The van der Waals surface area contributed by atoms with Crippen molar-refractivity contribution in [2.45, 2.75) is 13.8 Å². The third-order valence-corrected chi connectivity index (χ3v) is 3.60. The Morgan fingerprint density at radius 3 is 1.97 bits per heavy atom. The van der Waals surface area contributed by atoms with Gasteiger partial charge in [-0.3, -0.25) is 0 Å². The standard InChI is InChI=1S/2C9H7.C7H6O2.2Y/c1-3-9-6-4-5-8(2)7-9;1-3-9-7-5-4-6-8(9)2;1-2-4-7-6(3-1)8-5-9-7;;/h2*1,5-7H,2H3;1-4H,5H2;;/q2*-1;;;. The first-order valence-electron chi connectivity index (χ1n) is 8.36. The van der Waals surface area contributed by atoms with Gasteiger partial charge in [0.1, 0.15) is 0 Å². The number of hydrogen-bond donors (Lipinski definition) is 0. The fourth-order valence-corrected chi connectivity index (χ4v) is 2.20. The maximum atomic E-state index is 5.19. The van der Waals surface area contributed by atoms with Gasteiger partial charge >= 0.3 is 0 Å². The topological polar surface area (TPSA) is 18.5 Å². The minimum Gasteiger partial charge on any atom is -0.454 e.